The van der Waals surface area contributed by atoms with Gasteiger partial charge in [-0.3, -0.25) is 9.36 Å². The second-order valence-electron chi connectivity index (χ2n) is 5.63. The Hall–Kier alpha value is -2.26. The SMILES string of the molecule is COCCCn1c(SCC(=O)NC(C)c2ccccc2OC)n[nH]c1=O. The third-order valence-corrected chi connectivity index (χ3v) is 4.75. The first kappa shape index (κ1) is 20.1. The summed E-state index contributed by atoms with van der Waals surface area (Å²) in [6.07, 6.45) is 0.695. The topological polar surface area (TPSA) is 98.2 Å². The molecule has 0 bridgehead atoms. The standard InChI is InChI=1S/C17H24N4O4S/c1-12(13-7-4-5-8-14(13)25-3)18-15(22)11-26-17-20-19-16(23)21(17)9-6-10-24-2/h4-5,7-8,12H,6,9-11H2,1-3H3,(H,18,22)(H,19,23). The van der Waals surface area contributed by atoms with Crippen LogP contribution in [0.1, 0.15) is 24.9 Å². The molecule has 26 heavy (non-hydrogen) atoms. The molecule has 0 saturated heterocycles. The molecule has 1 aromatic heterocycles. The lowest BCUT2D eigenvalue weighted by Gasteiger charge is -2.17. The molecule has 2 N–H and O–H groups in total. The maximum absolute atomic E-state index is 12.3. The van der Waals surface area contributed by atoms with Gasteiger partial charge in [0.1, 0.15) is 5.75 Å². The van der Waals surface area contributed by atoms with E-state index in [1.165, 1.54) is 16.3 Å². The predicted molar refractivity (Wildman–Crippen MR) is 99.6 cm³/mol. The molecule has 1 aromatic carbocycles. The predicted octanol–water partition coefficient (Wildman–Crippen LogP) is 1.59. The number of H-pyrrole nitrogens is 1. The van der Waals surface area contributed by atoms with E-state index >= 15 is 0 Å². The Labute approximate surface area is 156 Å². The monoisotopic (exact) mass is 380 g/mol. The Balaban J connectivity index is 1.92. The molecule has 0 saturated carbocycles. The highest BCUT2D eigenvalue weighted by molar-refractivity contribution is 7.99. The van der Waals surface area contributed by atoms with E-state index in [1.54, 1.807) is 14.2 Å². The third-order valence-electron chi connectivity index (χ3n) is 3.77. The van der Waals surface area contributed by atoms with Crippen molar-refractivity contribution in [2.45, 2.75) is 31.1 Å². The number of methoxy groups -OCH3 is 2. The van der Waals surface area contributed by atoms with Gasteiger partial charge in [0.05, 0.1) is 18.9 Å². The molecule has 2 aromatic rings. The minimum atomic E-state index is -0.286. The summed E-state index contributed by atoms with van der Waals surface area (Å²) in [5, 5.41) is 9.82. The zero-order valence-corrected chi connectivity index (χ0v) is 16.0. The normalized spacial score (nSPS) is 12.0. The molecule has 0 aliphatic rings. The zero-order valence-electron chi connectivity index (χ0n) is 15.2. The highest BCUT2D eigenvalue weighted by Gasteiger charge is 2.15. The summed E-state index contributed by atoms with van der Waals surface area (Å²) in [6.45, 7) is 2.94. The van der Waals surface area contributed by atoms with Crippen LogP contribution in [-0.4, -0.2) is 47.3 Å². The van der Waals surface area contributed by atoms with Crippen LogP contribution >= 0.6 is 11.8 Å². The Morgan fingerprint density at radius 3 is 2.88 bits per heavy atom. The van der Waals surface area contributed by atoms with E-state index < -0.39 is 0 Å². The van der Waals surface area contributed by atoms with Gasteiger partial charge in [0.25, 0.3) is 0 Å². The molecule has 0 aliphatic carbocycles. The molecule has 1 unspecified atom stereocenters. The number of carbonyl (C=O) groups is 1. The second kappa shape index (κ2) is 10.0. The first-order valence-corrected chi connectivity index (χ1v) is 9.24. The lowest BCUT2D eigenvalue weighted by atomic mass is 10.1. The molecular weight excluding hydrogens is 356 g/mol. The Bertz CT molecular complexity index is 774. The number of ether oxygens (including phenoxy) is 2. The first-order chi connectivity index (χ1) is 12.6. The van der Waals surface area contributed by atoms with Crippen molar-refractivity contribution in [3.8, 4) is 5.75 Å². The van der Waals surface area contributed by atoms with Crippen molar-refractivity contribution in [1.29, 1.82) is 0 Å². The molecule has 1 atom stereocenters. The van der Waals surface area contributed by atoms with Crippen LogP contribution in [0.4, 0.5) is 0 Å². The van der Waals surface area contributed by atoms with Crippen molar-refractivity contribution in [3.63, 3.8) is 0 Å². The fraction of sp³-hybridized carbons (Fsp3) is 0.471. The van der Waals surface area contributed by atoms with Gasteiger partial charge < -0.3 is 14.8 Å². The van der Waals surface area contributed by atoms with Gasteiger partial charge >= 0.3 is 5.69 Å². The molecule has 1 heterocycles. The highest BCUT2D eigenvalue weighted by atomic mass is 32.2. The number of rotatable bonds is 10. The molecule has 0 spiro atoms. The van der Waals surface area contributed by atoms with Gasteiger partial charge in [-0.25, -0.2) is 9.89 Å². The number of amides is 1. The van der Waals surface area contributed by atoms with Crippen molar-refractivity contribution >= 4 is 17.7 Å². The summed E-state index contributed by atoms with van der Waals surface area (Å²) in [5.74, 6) is 0.744. The number of nitrogens with one attached hydrogen (secondary N) is 2. The van der Waals surface area contributed by atoms with E-state index in [4.69, 9.17) is 9.47 Å². The van der Waals surface area contributed by atoms with Crippen molar-refractivity contribution in [2.24, 2.45) is 0 Å². The molecule has 0 radical (unpaired) electrons. The first-order valence-electron chi connectivity index (χ1n) is 8.26. The number of nitrogens with zero attached hydrogens (tertiary/aromatic N) is 2. The maximum atomic E-state index is 12.3. The molecule has 142 valence electrons. The van der Waals surface area contributed by atoms with Gasteiger partial charge in [0.15, 0.2) is 5.16 Å². The average Bonchev–Trinajstić information content (AvgIpc) is 3.00. The summed E-state index contributed by atoms with van der Waals surface area (Å²) in [7, 11) is 3.21. The molecule has 8 nitrogen and oxygen atoms in total. The van der Waals surface area contributed by atoms with Crippen LogP contribution in [0.3, 0.4) is 0 Å². The van der Waals surface area contributed by atoms with Crippen molar-refractivity contribution in [2.75, 3.05) is 26.6 Å². The van der Waals surface area contributed by atoms with E-state index in [2.05, 4.69) is 15.5 Å². The van der Waals surface area contributed by atoms with E-state index in [0.29, 0.717) is 24.7 Å². The summed E-state index contributed by atoms with van der Waals surface area (Å²) < 4.78 is 11.8. The summed E-state index contributed by atoms with van der Waals surface area (Å²) in [4.78, 5) is 24.0. The van der Waals surface area contributed by atoms with E-state index in [9.17, 15) is 9.59 Å². The summed E-state index contributed by atoms with van der Waals surface area (Å²) >= 11 is 1.22. The molecule has 9 heteroatoms. The lowest BCUT2D eigenvalue weighted by Crippen LogP contribution is -2.28. The largest absolute Gasteiger partial charge is 0.496 e. The smallest absolute Gasteiger partial charge is 0.343 e. The van der Waals surface area contributed by atoms with Gasteiger partial charge in [-0.1, -0.05) is 30.0 Å². The van der Waals surface area contributed by atoms with Crippen LogP contribution in [0.5, 0.6) is 5.75 Å². The third kappa shape index (κ3) is 5.37. The molecule has 0 fully saturated rings. The quantitative estimate of drug-likeness (QED) is 0.480. The van der Waals surface area contributed by atoms with E-state index in [0.717, 1.165) is 11.3 Å². The van der Waals surface area contributed by atoms with Gasteiger partial charge in [-0.05, 0) is 19.4 Å². The van der Waals surface area contributed by atoms with E-state index in [1.807, 2.05) is 31.2 Å². The van der Waals surface area contributed by atoms with Crippen LogP contribution in [0.15, 0.2) is 34.2 Å². The van der Waals surface area contributed by atoms with Crippen LogP contribution in [0, 0.1) is 0 Å². The number of aromatic nitrogens is 3. The molecule has 1 amide bonds. The van der Waals surface area contributed by atoms with Crippen molar-refractivity contribution in [3.05, 3.63) is 40.3 Å². The van der Waals surface area contributed by atoms with Crippen molar-refractivity contribution in [1.82, 2.24) is 20.1 Å². The highest BCUT2D eigenvalue weighted by Crippen LogP contribution is 2.24. The van der Waals surface area contributed by atoms with Gasteiger partial charge in [0, 0.05) is 25.8 Å². The summed E-state index contributed by atoms with van der Waals surface area (Å²) in [6, 6.07) is 7.36. The maximum Gasteiger partial charge on any atom is 0.343 e. The lowest BCUT2D eigenvalue weighted by molar-refractivity contribution is -0.119. The number of aromatic amines is 1. The minimum absolute atomic E-state index is 0.146. The minimum Gasteiger partial charge on any atom is -0.496 e. The molecule has 0 aliphatic heterocycles. The zero-order chi connectivity index (χ0) is 18.9. The van der Waals surface area contributed by atoms with Crippen LogP contribution < -0.4 is 15.7 Å². The Morgan fingerprint density at radius 1 is 1.38 bits per heavy atom. The van der Waals surface area contributed by atoms with Gasteiger partial charge in [-0.2, -0.15) is 0 Å². The summed E-state index contributed by atoms with van der Waals surface area (Å²) in [5.41, 5.74) is 0.621. The van der Waals surface area contributed by atoms with Crippen LogP contribution in [0.25, 0.3) is 0 Å². The van der Waals surface area contributed by atoms with Crippen LogP contribution in [0.2, 0.25) is 0 Å². The average molecular weight is 380 g/mol. The second-order valence-corrected chi connectivity index (χ2v) is 6.57. The number of hydrogen-bond acceptors (Lipinski definition) is 6. The fourth-order valence-electron chi connectivity index (χ4n) is 2.49. The number of benzene rings is 1. The van der Waals surface area contributed by atoms with Crippen LogP contribution in [-0.2, 0) is 16.1 Å². The van der Waals surface area contributed by atoms with E-state index in [-0.39, 0.29) is 23.4 Å². The van der Waals surface area contributed by atoms with Gasteiger partial charge in [0.2, 0.25) is 5.91 Å². The number of thioether (sulfide) groups is 1. The number of para-hydroxylation sites is 1. The van der Waals surface area contributed by atoms with Gasteiger partial charge in [-0.15, -0.1) is 5.10 Å². The molecular formula is C17H24N4O4S. The molecule has 2 rings (SSSR count). The Kier molecular flexibility index (Phi) is 7.73. The fourth-order valence-corrected chi connectivity index (χ4v) is 3.28. The number of carbonyl (C=O) groups excluding carboxylic acids is 1. The Morgan fingerprint density at radius 2 is 2.15 bits per heavy atom. The van der Waals surface area contributed by atoms with Crippen molar-refractivity contribution < 1.29 is 14.3 Å². The number of hydrogen-bond donors (Lipinski definition) is 2.